The molecule has 4 rings (SSSR count). The van der Waals surface area contributed by atoms with Crippen molar-refractivity contribution in [2.45, 2.75) is 70.1 Å². The Morgan fingerprint density at radius 2 is 1.98 bits per heavy atom. The van der Waals surface area contributed by atoms with Crippen LogP contribution in [-0.2, 0) is 14.0 Å². The SMILES string of the molecule is C=CCOC(=O)N1c2cc(OC[C@H](CC(=O)O)O[Si](C)(C)C(C)(C)C)c(OC)cc2C(=O)N2CC=C(c3ccsc3)C[C@H]2C1O. The number of methoxy groups -OCH3 is 1. The number of benzene rings is 1. The number of aliphatic hydroxyl groups is 1. The number of aliphatic carboxylic acids is 1. The van der Waals surface area contributed by atoms with Crippen LogP contribution in [0.2, 0.25) is 18.1 Å². The molecule has 13 heteroatoms. The Morgan fingerprint density at radius 1 is 1.24 bits per heavy atom. The van der Waals surface area contributed by atoms with E-state index < -0.39 is 44.7 Å². The maximum atomic E-state index is 14.0. The van der Waals surface area contributed by atoms with E-state index >= 15 is 0 Å². The first kappa shape index (κ1) is 34.2. The topological polar surface area (TPSA) is 135 Å². The summed E-state index contributed by atoms with van der Waals surface area (Å²) in [7, 11) is -0.947. The third-order valence-corrected chi connectivity index (χ3v) is 13.7. The number of carbonyl (C=O) groups is 3. The normalized spacial score (nSPS) is 19.1. The van der Waals surface area contributed by atoms with Gasteiger partial charge in [0.15, 0.2) is 26.0 Å². The Labute approximate surface area is 268 Å². The van der Waals surface area contributed by atoms with Crippen LogP contribution in [0.15, 0.2) is 47.7 Å². The number of carboxylic acids is 1. The van der Waals surface area contributed by atoms with Gasteiger partial charge in [0.25, 0.3) is 5.91 Å². The molecule has 3 atom stereocenters. The van der Waals surface area contributed by atoms with E-state index in [2.05, 4.69) is 27.4 Å². The van der Waals surface area contributed by atoms with Gasteiger partial charge >= 0.3 is 12.1 Å². The molecule has 1 aromatic carbocycles. The van der Waals surface area contributed by atoms with Crippen molar-refractivity contribution < 1.29 is 43.2 Å². The first-order chi connectivity index (χ1) is 21.2. The Kier molecular flexibility index (Phi) is 10.5. The fourth-order valence-electron chi connectivity index (χ4n) is 5.12. The second kappa shape index (κ2) is 13.8. The largest absolute Gasteiger partial charge is 0.493 e. The molecule has 1 unspecified atom stereocenters. The third-order valence-electron chi connectivity index (χ3n) is 8.51. The summed E-state index contributed by atoms with van der Waals surface area (Å²) in [4.78, 5) is 41.8. The molecule has 0 fully saturated rings. The van der Waals surface area contributed by atoms with Gasteiger partial charge in [0.05, 0.1) is 36.9 Å². The van der Waals surface area contributed by atoms with Crippen LogP contribution in [0.25, 0.3) is 5.57 Å². The molecule has 0 saturated heterocycles. The number of ether oxygens (including phenoxy) is 3. The zero-order chi connectivity index (χ0) is 33.1. The van der Waals surface area contributed by atoms with Crippen LogP contribution in [0.1, 0.15) is 49.5 Å². The van der Waals surface area contributed by atoms with Gasteiger partial charge in [-0.2, -0.15) is 11.3 Å². The lowest BCUT2D eigenvalue weighted by atomic mass is 9.94. The van der Waals surface area contributed by atoms with E-state index in [0.717, 1.165) is 16.0 Å². The van der Waals surface area contributed by atoms with Crippen LogP contribution in [0.3, 0.4) is 0 Å². The monoisotopic (exact) mass is 658 g/mol. The maximum absolute atomic E-state index is 14.0. The lowest BCUT2D eigenvalue weighted by molar-refractivity contribution is -0.139. The molecular formula is C32H42N2O9SSi. The van der Waals surface area contributed by atoms with E-state index in [0.29, 0.717) is 6.42 Å². The molecule has 0 radical (unpaired) electrons. The van der Waals surface area contributed by atoms with E-state index in [1.807, 2.05) is 36.0 Å². The predicted molar refractivity (Wildman–Crippen MR) is 175 cm³/mol. The van der Waals surface area contributed by atoms with Gasteiger partial charge in [0.2, 0.25) is 0 Å². The summed E-state index contributed by atoms with van der Waals surface area (Å²) < 4.78 is 23.5. The Bertz CT molecular complexity index is 1450. The van der Waals surface area contributed by atoms with E-state index in [-0.39, 0.29) is 54.0 Å². The average molecular weight is 659 g/mol. The van der Waals surface area contributed by atoms with Gasteiger partial charge in [-0.1, -0.05) is 39.5 Å². The highest BCUT2D eigenvalue weighted by atomic mass is 32.1. The first-order valence-corrected chi connectivity index (χ1v) is 18.6. The van der Waals surface area contributed by atoms with Crippen molar-refractivity contribution in [2.75, 3.05) is 31.8 Å². The Balaban J connectivity index is 1.73. The summed E-state index contributed by atoms with van der Waals surface area (Å²) in [5.41, 5.74) is 2.14. The van der Waals surface area contributed by atoms with Crippen molar-refractivity contribution >= 4 is 48.9 Å². The molecule has 0 spiro atoms. The molecule has 2 aliphatic rings. The van der Waals surface area contributed by atoms with Gasteiger partial charge in [0.1, 0.15) is 13.2 Å². The van der Waals surface area contributed by atoms with Crippen molar-refractivity contribution in [2.24, 2.45) is 0 Å². The summed E-state index contributed by atoms with van der Waals surface area (Å²) in [5, 5.41) is 25.1. The molecular weight excluding hydrogens is 617 g/mol. The fourth-order valence-corrected chi connectivity index (χ4v) is 7.14. The first-order valence-electron chi connectivity index (χ1n) is 14.7. The standard InChI is InChI=1S/C32H42N2O9SSi/c1-8-12-41-31(39)34-24-17-27(42-18-22(15-28(35)36)43-45(6,7)32(2,3)4)26(40-5)16-23(24)29(37)33-11-9-20(14-25(33)30(34)38)21-10-13-44-19-21/h8-10,13,16-17,19,22,25,30,38H,1,11-12,14-15,18H2,2-7H3,(H,35,36)/t22-,25-,30?/m0/s1. The van der Waals surface area contributed by atoms with Gasteiger partial charge in [0, 0.05) is 12.6 Å². The van der Waals surface area contributed by atoms with Crippen LogP contribution in [0, 0.1) is 0 Å². The zero-order valence-corrected chi connectivity index (χ0v) is 28.4. The van der Waals surface area contributed by atoms with Crippen LogP contribution >= 0.6 is 11.3 Å². The number of carbonyl (C=O) groups excluding carboxylic acids is 2. The molecule has 0 saturated carbocycles. The number of fused-ring (bicyclic) bond motifs is 2. The average Bonchev–Trinajstić information content (AvgIpc) is 3.50. The van der Waals surface area contributed by atoms with Gasteiger partial charge in [-0.3, -0.25) is 9.59 Å². The number of thiophene rings is 1. The van der Waals surface area contributed by atoms with Crippen LogP contribution in [-0.4, -0.2) is 86.6 Å². The number of carboxylic acid groups (broad SMARTS) is 1. The summed E-state index contributed by atoms with van der Waals surface area (Å²) in [6.07, 6.45) is 0.283. The molecule has 0 aliphatic carbocycles. The van der Waals surface area contributed by atoms with Crippen molar-refractivity contribution in [3.63, 3.8) is 0 Å². The summed E-state index contributed by atoms with van der Waals surface area (Å²) >= 11 is 1.55. The number of hydrogen-bond donors (Lipinski definition) is 2. The van der Waals surface area contributed by atoms with Gasteiger partial charge in [-0.15, -0.1) is 0 Å². The van der Waals surface area contributed by atoms with Crippen LogP contribution in [0.5, 0.6) is 11.5 Å². The minimum atomic E-state index is -2.37. The number of aliphatic hydroxyl groups excluding tert-OH is 1. The molecule has 2 N–H and O–H groups in total. The fraction of sp³-hybridized carbons (Fsp3) is 0.469. The molecule has 1 aromatic heterocycles. The smallest absolute Gasteiger partial charge is 0.416 e. The van der Waals surface area contributed by atoms with Crippen molar-refractivity contribution in [1.82, 2.24) is 4.90 Å². The highest BCUT2D eigenvalue weighted by molar-refractivity contribution is 7.08. The minimum absolute atomic E-state index is 0.0731. The zero-order valence-electron chi connectivity index (χ0n) is 26.6. The lowest BCUT2D eigenvalue weighted by Gasteiger charge is -2.39. The molecule has 0 bridgehead atoms. The lowest BCUT2D eigenvalue weighted by Crippen LogP contribution is -2.54. The van der Waals surface area contributed by atoms with Crippen LogP contribution in [0.4, 0.5) is 10.5 Å². The number of amides is 2. The van der Waals surface area contributed by atoms with Crippen molar-refractivity contribution in [3.8, 4) is 11.5 Å². The van der Waals surface area contributed by atoms with Gasteiger partial charge in [-0.25, -0.2) is 9.69 Å². The number of anilines is 1. The number of nitrogens with zero attached hydrogens (tertiary/aromatic N) is 2. The van der Waals surface area contributed by atoms with E-state index in [9.17, 15) is 24.6 Å². The number of hydrogen-bond acceptors (Lipinski definition) is 9. The molecule has 2 aliphatic heterocycles. The second-order valence-corrected chi connectivity index (χ2v) is 18.1. The second-order valence-electron chi connectivity index (χ2n) is 12.5. The van der Waals surface area contributed by atoms with Gasteiger partial charge < -0.3 is 33.7 Å². The number of rotatable bonds is 11. The summed E-state index contributed by atoms with van der Waals surface area (Å²) in [6, 6.07) is 4.12. The highest BCUT2D eigenvalue weighted by Gasteiger charge is 2.45. The molecule has 3 heterocycles. The van der Waals surface area contributed by atoms with Crippen LogP contribution < -0.4 is 14.4 Å². The highest BCUT2D eigenvalue weighted by Crippen LogP contribution is 2.43. The molecule has 11 nitrogen and oxygen atoms in total. The molecule has 2 amide bonds. The molecule has 45 heavy (non-hydrogen) atoms. The van der Waals surface area contributed by atoms with Crippen molar-refractivity contribution in [3.05, 3.63) is 58.8 Å². The van der Waals surface area contributed by atoms with E-state index in [1.54, 1.807) is 11.3 Å². The summed E-state index contributed by atoms with van der Waals surface area (Å²) in [6.45, 7) is 13.8. The maximum Gasteiger partial charge on any atom is 0.416 e. The van der Waals surface area contributed by atoms with Gasteiger partial charge in [-0.05, 0) is 58.6 Å². The van der Waals surface area contributed by atoms with E-state index in [4.69, 9.17) is 18.6 Å². The van der Waals surface area contributed by atoms with Crippen molar-refractivity contribution in [1.29, 1.82) is 0 Å². The molecule has 244 valence electrons. The minimum Gasteiger partial charge on any atom is -0.493 e. The predicted octanol–water partition coefficient (Wildman–Crippen LogP) is 5.76. The third kappa shape index (κ3) is 7.43. The molecule has 2 aromatic rings. The quantitative estimate of drug-likeness (QED) is 0.228. The van der Waals surface area contributed by atoms with E-state index in [1.165, 1.54) is 30.2 Å². The Hall–Kier alpha value is -3.65. The summed E-state index contributed by atoms with van der Waals surface area (Å²) in [5.74, 6) is -1.09. The Morgan fingerprint density at radius 3 is 2.58 bits per heavy atom.